The van der Waals surface area contributed by atoms with Crippen LogP contribution >= 0.6 is 0 Å². The van der Waals surface area contributed by atoms with Gasteiger partial charge in [-0.3, -0.25) is 4.79 Å². The molecule has 0 heterocycles. The number of benzene rings is 1. The Balaban J connectivity index is 3.15. The first-order valence-corrected chi connectivity index (χ1v) is 4.88. The Morgan fingerprint density at radius 3 is 2.41 bits per heavy atom. The molecular formula is C11H14F2N2O2. The van der Waals surface area contributed by atoms with Crippen LogP contribution < -0.4 is 10.5 Å². The fraction of sp³-hybridized carbons (Fsp3) is 0.364. The van der Waals surface area contributed by atoms with E-state index in [1.165, 1.54) is 26.1 Å². The minimum Gasteiger partial charge on any atom is -0.494 e. The first-order chi connectivity index (χ1) is 7.88. The lowest BCUT2D eigenvalue weighted by molar-refractivity contribution is -0.130. The molecule has 0 bridgehead atoms. The molecule has 4 nitrogen and oxygen atoms in total. The second-order valence-corrected chi connectivity index (χ2v) is 3.72. The number of methoxy groups -OCH3 is 1. The Morgan fingerprint density at radius 2 is 1.94 bits per heavy atom. The maximum absolute atomic E-state index is 13.6. The number of amides is 1. The van der Waals surface area contributed by atoms with Crippen LogP contribution in [0.5, 0.6) is 5.75 Å². The van der Waals surface area contributed by atoms with Crippen LogP contribution in [-0.2, 0) is 4.79 Å². The monoisotopic (exact) mass is 244 g/mol. The van der Waals surface area contributed by atoms with Gasteiger partial charge in [0.1, 0.15) is 11.9 Å². The van der Waals surface area contributed by atoms with Gasteiger partial charge in [0.2, 0.25) is 5.91 Å². The average Bonchev–Trinajstić information content (AvgIpc) is 2.29. The Morgan fingerprint density at radius 1 is 1.35 bits per heavy atom. The zero-order chi connectivity index (χ0) is 13.2. The molecule has 2 N–H and O–H groups in total. The Labute approximate surface area is 98.0 Å². The maximum Gasteiger partial charge on any atom is 0.243 e. The van der Waals surface area contributed by atoms with Gasteiger partial charge in [-0.05, 0) is 6.07 Å². The summed E-state index contributed by atoms with van der Waals surface area (Å²) in [7, 11) is 4.20. The van der Waals surface area contributed by atoms with E-state index < -0.39 is 23.6 Å². The highest BCUT2D eigenvalue weighted by Gasteiger charge is 2.23. The van der Waals surface area contributed by atoms with Gasteiger partial charge >= 0.3 is 0 Å². The first kappa shape index (κ1) is 13.4. The third-order valence-electron chi connectivity index (χ3n) is 2.31. The number of nitrogens with zero attached hydrogens (tertiary/aromatic N) is 1. The van der Waals surface area contributed by atoms with Crippen LogP contribution in [-0.4, -0.2) is 32.0 Å². The third kappa shape index (κ3) is 2.71. The minimum absolute atomic E-state index is 0.193. The Bertz CT molecular complexity index is 436. The molecule has 0 radical (unpaired) electrons. The summed E-state index contributed by atoms with van der Waals surface area (Å²) < 4.78 is 31.6. The molecule has 1 rings (SSSR count). The number of likely N-dealkylation sites (N-methyl/N-ethyl adjacent to an activating group) is 1. The standard InChI is InChI=1S/C11H14F2N2O2/c1-15(2)11(16)10(14)6-4-8(13)9(17-3)5-7(6)12/h4-5,10H,14H2,1-3H3. The SMILES string of the molecule is COc1cc(F)c(C(N)C(=O)N(C)C)cc1F. The predicted molar refractivity (Wildman–Crippen MR) is 58.5 cm³/mol. The molecule has 0 aliphatic rings. The highest BCUT2D eigenvalue weighted by molar-refractivity contribution is 5.82. The number of hydrogen-bond donors (Lipinski definition) is 1. The number of carbonyl (C=O) groups is 1. The summed E-state index contributed by atoms with van der Waals surface area (Å²) in [6.45, 7) is 0. The van der Waals surface area contributed by atoms with E-state index in [9.17, 15) is 13.6 Å². The molecule has 1 atom stereocenters. The van der Waals surface area contributed by atoms with Crippen molar-refractivity contribution in [3.8, 4) is 5.75 Å². The number of halogens is 2. The molecule has 1 aromatic rings. The van der Waals surface area contributed by atoms with Gasteiger partial charge in [-0.1, -0.05) is 0 Å². The average molecular weight is 244 g/mol. The molecule has 0 saturated heterocycles. The lowest BCUT2D eigenvalue weighted by Crippen LogP contribution is -2.33. The predicted octanol–water partition coefficient (Wildman–Crippen LogP) is 1.06. The van der Waals surface area contributed by atoms with Crippen LogP contribution in [0.4, 0.5) is 8.78 Å². The summed E-state index contributed by atoms with van der Waals surface area (Å²) in [5.41, 5.74) is 5.37. The van der Waals surface area contributed by atoms with E-state index in [-0.39, 0.29) is 11.3 Å². The number of rotatable bonds is 3. The van der Waals surface area contributed by atoms with Crippen molar-refractivity contribution in [2.75, 3.05) is 21.2 Å². The third-order valence-corrected chi connectivity index (χ3v) is 2.31. The van der Waals surface area contributed by atoms with Crippen molar-refractivity contribution in [1.29, 1.82) is 0 Å². The molecule has 1 amide bonds. The molecule has 17 heavy (non-hydrogen) atoms. The van der Waals surface area contributed by atoms with Crippen molar-refractivity contribution in [3.63, 3.8) is 0 Å². The van der Waals surface area contributed by atoms with Crippen molar-refractivity contribution in [1.82, 2.24) is 4.90 Å². The molecule has 0 fully saturated rings. The Kier molecular flexibility index (Phi) is 4.01. The fourth-order valence-corrected chi connectivity index (χ4v) is 1.35. The highest BCUT2D eigenvalue weighted by Crippen LogP contribution is 2.25. The van der Waals surface area contributed by atoms with E-state index in [2.05, 4.69) is 4.74 Å². The van der Waals surface area contributed by atoms with E-state index in [1.54, 1.807) is 0 Å². The summed E-state index contributed by atoms with van der Waals surface area (Å²) in [5.74, 6) is -2.26. The van der Waals surface area contributed by atoms with Gasteiger partial charge in [-0.2, -0.15) is 0 Å². The Hall–Kier alpha value is -1.69. The zero-order valence-corrected chi connectivity index (χ0v) is 9.83. The maximum atomic E-state index is 13.6. The second kappa shape index (κ2) is 5.09. The van der Waals surface area contributed by atoms with Gasteiger partial charge in [0.25, 0.3) is 0 Å². The van der Waals surface area contributed by atoms with Crippen molar-refractivity contribution in [2.24, 2.45) is 5.73 Å². The van der Waals surface area contributed by atoms with Crippen molar-refractivity contribution < 1.29 is 18.3 Å². The van der Waals surface area contributed by atoms with Crippen molar-refractivity contribution >= 4 is 5.91 Å². The van der Waals surface area contributed by atoms with E-state index in [4.69, 9.17) is 5.73 Å². The minimum atomic E-state index is -1.23. The molecule has 0 aliphatic heterocycles. The summed E-state index contributed by atoms with van der Waals surface area (Å²) in [6, 6.07) is 0.513. The van der Waals surface area contributed by atoms with Gasteiger partial charge < -0.3 is 15.4 Å². The van der Waals surface area contributed by atoms with Crippen molar-refractivity contribution in [3.05, 3.63) is 29.3 Å². The number of hydrogen-bond acceptors (Lipinski definition) is 3. The van der Waals surface area contributed by atoms with Crippen LogP contribution in [0.1, 0.15) is 11.6 Å². The molecule has 94 valence electrons. The van der Waals surface area contributed by atoms with Crippen LogP contribution in [0.2, 0.25) is 0 Å². The molecule has 0 spiro atoms. The van der Waals surface area contributed by atoms with Gasteiger partial charge in [0.05, 0.1) is 7.11 Å². The number of carbonyl (C=O) groups excluding carboxylic acids is 1. The normalized spacial score (nSPS) is 12.1. The molecule has 0 aliphatic carbocycles. The highest BCUT2D eigenvalue weighted by atomic mass is 19.1. The first-order valence-electron chi connectivity index (χ1n) is 4.88. The van der Waals surface area contributed by atoms with E-state index in [1.807, 2.05) is 0 Å². The van der Waals surface area contributed by atoms with E-state index >= 15 is 0 Å². The quantitative estimate of drug-likeness (QED) is 0.865. The second-order valence-electron chi connectivity index (χ2n) is 3.72. The smallest absolute Gasteiger partial charge is 0.243 e. The van der Waals surface area contributed by atoms with Crippen LogP contribution in [0, 0.1) is 11.6 Å². The topological polar surface area (TPSA) is 55.6 Å². The molecule has 6 heteroatoms. The van der Waals surface area contributed by atoms with Gasteiger partial charge in [-0.15, -0.1) is 0 Å². The molecular weight excluding hydrogens is 230 g/mol. The number of ether oxygens (including phenoxy) is 1. The van der Waals surface area contributed by atoms with Gasteiger partial charge in [0.15, 0.2) is 11.6 Å². The summed E-state index contributed by atoms with van der Waals surface area (Å²) in [6.07, 6.45) is 0. The van der Waals surface area contributed by atoms with Gasteiger partial charge in [-0.25, -0.2) is 8.78 Å². The summed E-state index contributed by atoms with van der Waals surface area (Å²) in [4.78, 5) is 12.8. The van der Waals surface area contributed by atoms with E-state index in [0.29, 0.717) is 0 Å². The molecule has 0 saturated carbocycles. The van der Waals surface area contributed by atoms with Crippen LogP contribution in [0.25, 0.3) is 0 Å². The summed E-state index contributed by atoms with van der Waals surface area (Å²) >= 11 is 0. The number of nitrogens with two attached hydrogens (primary N) is 1. The molecule has 1 aromatic carbocycles. The lowest BCUT2D eigenvalue weighted by atomic mass is 10.1. The molecule has 1 unspecified atom stereocenters. The van der Waals surface area contributed by atoms with Crippen LogP contribution in [0.3, 0.4) is 0 Å². The fourth-order valence-electron chi connectivity index (χ4n) is 1.35. The zero-order valence-electron chi connectivity index (χ0n) is 9.83. The van der Waals surface area contributed by atoms with E-state index in [0.717, 1.165) is 12.1 Å². The van der Waals surface area contributed by atoms with Crippen molar-refractivity contribution in [2.45, 2.75) is 6.04 Å². The largest absolute Gasteiger partial charge is 0.494 e. The van der Waals surface area contributed by atoms with Gasteiger partial charge in [0, 0.05) is 25.7 Å². The lowest BCUT2D eigenvalue weighted by Gasteiger charge is -2.18. The molecule has 0 aromatic heterocycles. The van der Waals surface area contributed by atoms with Crippen LogP contribution in [0.15, 0.2) is 12.1 Å². The summed E-state index contributed by atoms with van der Waals surface area (Å²) in [5, 5.41) is 0.